The van der Waals surface area contributed by atoms with Gasteiger partial charge in [0.05, 0.1) is 0 Å². The van der Waals surface area contributed by atoms with Crippen LogP contribution in [0.3, 0.4) is 0 Å². The Kier molecular flexibility index (Phi) is 5.00. The van der Waals surface area contributed by atoms with Crippen molar-refractivity contribution in [2.75, 3.05) is 0 Å². The van der Waals surface area contributed by atoms with Crippen LogP contribution < -0.4 is 5.32 Å². The summed E-state index contributed by atoms with van der Waals surface area (Å²) in [5.41, 5.74) is 1.22. The molecular formula is C13H18BrNO. The van der Waals surface area contributed by atoms with E-state index in [1.807, 2.05) is 39.0 Å². The van der Waals surface area contributed by atoms with E-state index in [2.05, 4.69) is 27.3 Å². The summed E-state index contributed by atoms with van der Waals surface area (Å²) < 4.78 is 1.10. The van der Waals surface area contributed by atoms with Crippen molar-refractivity contribution in [2.45, 2.75) is 33.2 Å². The first-order chi connectivity index (χ1) is 7.50. The molecule has 0 heterocycles. The Labute approximate surface area is 106 Å². The van der Waals surface area contributed by atoms with Crippen molar-refractivity contribution in [3.8, 4) is 0 Å². The van der Waals surface area contributed by atoms with E-state index < -0.39 is 0 Å². The smallest absolute Gasteiger partial charge is 0.222 e. The van der Waals surface area contributed by atoms with Gasteiger partial charge in [-0.15, -0.1) is 0 Å². The van der Waals surface area contributed by atoms with E-state index in [0.717, 1.165) is 10.9 Å². The van der Waals surface area contributed by atoms with Crippen LogP contribution in [0.2, 0.25) is 0 Å². The van der Waals surface area contributed by atoms with E-state index in [1.165, 1.54) is 5.56 Å². The zero-order chi connectivity index (χ0) is 12.1. The zero-order valence-electron chi connectivity index (χ0n) is 9.96. The van der Waals surface area contributed by atoms with Crippen molar-refractivity contribution >= 4 is 21.8 Å². The Morgan fingerprint density at radius 3 is 2.50 bits per heavy atom. The quantitative estimate of drug-likeness (QED) is 0.904. The maximum Gasteiger partial charge on any atom is 0.222 e. The van der Waals surface area contributed by atoms with E-state index in [1.54, 1.807) is 0 Å². The van der Waals surface area contributed by atoms with Gasteiger partial charge in [0.25, 0.3) is 0 Å². The van der Waals surface area contributed by atoms with Gasteiger partial charge >= 0.3 is 0 Å². The second kappa shape index (κ2) is 6.04. The number of halogens is 1. The van der Waals surface area contributed by atoms with Gasteiger partial charge in [-0.3, -0.25) is 4.79 Å². The zero-order valence-corrected chi connectivity index (χ0v) is 11.5. The lowest BCUT2D eigenvalue weighted by Gasteiger charge is -2.16. The molecule has 0 spiro atoms. The topological polar surface area (TPSA) is 29.1 Å². The van der Waals surface area contributed by atoms with Crippen LogP contribution in [0.1, 0.15) is 26.3 Å². The van der Waals surface area contributed by atoms with Gasteiger partial charge in [0, 0.05) is 16.4 Å². The number of hydrogen-bond acceptors (Lipinski definition) is 1. The van der Waals surface area contributed by atoms with Gasteiger partial charge in [0.1, 0.15) is 0 Å². The van der Waals surface area contributed by atoms with Crippen LogP contribution in [-0.2, 0) is 11.2 Å². The predicted molar refractivity (Wildman–Crippen MR) is 70.3 cm³/mol. The summed E-state index contributed by atoms with van der Waals surface area (Å²) in [5, 5.41) is 3.00. The van der Waals surface area contributed by atoms with Crippen molar-refractivity contribution in [2.24, 2.45) is 5.92 Å². The standard InChI is InChI=1S/C13H18BrNO/c1-9(2)13(16)15-10(3)8-11-6-4-5-7-12(11)14/h4-7,9-10H,8H2,1-3H3,(H,15,16)/t10-/m1/s1. The first kappa shape index (κ1) is 13.2. The van der Waals surface area contributed by atoms with Gasteiger partial charge in [-0.2, -0.15) is 0 Å². The Morgan fingerprint density at radius 1 is 1.31 bits per heavy atom. The minimum atomic E-state index is 0.0432. The predicted octanol–water partition coefficient (Wildman–Crippen LogP) is 3.15. The average molecular weight is 284 g/mol. The molecule has 1 aromatic rings. The molecular weight excluding hydrogens is 266 g/mol. The molecule has 0 bridgehead atoms. The Balaban J connectivity index is 2.55. The molecule has 16 heavy (non-hydrogen) atoms. The summed E-state index contributed by atoms with van der Waals surface area (Å²) in [7, 11) is 0. The summed E-state index contributed by atoms with van der Waals surface area (Å²) in [4.78, 5) is 11.5. The second-order valence-electron chi connectivity index (χ2n) is 4.36. The molecule has 0 aromatic heterocycles. The second-order valence-corrected chi connectivity index (χ2v) is 5.21. The Morgan fingerprint density at radius 2 is 1.94 bits per heavy atom. The normalized spacial score (nSPS) is 12.6. The van der Waals surface area contributed by atoms with E-state index in [9.17, 15) is 4.79 Å². The van der Waals surface area contributed by atoms with Crippen LogP contribution in [0.15, 0.2) is 28.7 Å². The summed E-state index contributed by atoms with van der Waals surface area (Å²) in [6.45, 7) is 5.83. The molecule has 0 radical (unpaired) electrons. The fourth-order valence-electron chi connectivity index (χ4n) is 1.45. The molecule has 1 atom stereocenters. The first-order valence-corrected chi connectivity index (χ1v) is 6.33. The van der Waals surface area contributed by atoms with Crippen molar-refractivity contribution in [1.82, 2.24) is 5.32 Å². The van der Waals surface area contributed by atoms with E-state index in [4.69, 9.17) is 0 Å². The number of rotatable bonds is 4. The Hall–Kier alpha value is -0.830. The third-order valence-electron chi connectivity index (χ3n) is 2.40. The van der Waals surface area contributed by atoms with Crippen molar-refractivity contribution in [3.05, 3.63) is 34.3 Å². The third kappa shape index (κ3) is 3.97. The van der Waals surface area contributed by atoms with E-state index in [0.29, 0.717) is 0 Å². The highest BCUT2D eigenvalue weighted by Crippen LogP contribution is 2.17. The maximum atomic E-state index is 11.5. The first-order valence-electron chi connectivity index (χ1n) is 5.54. The maximum absolute atomic E-state index is 11.5. The summed E-state index contributed by atoms with van der Waals surface area (Å²) in [6.07, 6.45) is 0.847. The lowest BCUT2D eigenvalue weighted by molar-refractivity contribution is -0.124. The van der Waals surface area contributed by atoms with Gasteiger partial charge < -0.3 is 5.32 Å². The summed E-state index contributed by atoms with van der Waals surface area (Å²) in [5.74, 6) is 0.154. The molecule has 1 N–H and O–H groups in total. The summed E-state index contributed by atoms with van der Waals surface area (Å²) >= 11 is 3.51. The largest absolute Gasteiger partial charge is 0.353 e. The van der Waals surface area contributed by atoms with Crippen LogP contribution >= 0.6 is 15.9 Å². The molecule has 2 nitrogen and oxygen atoms in total. The molecule has 0 aliphatic rings. The van der Waals surface area contributed by atoms with Gasteiger partial charge in [0.15, 0.2) is 0 Å². The minimum Gasteiger partial charge on any atom is -0.353 e. The third-order valence-corrected chi connectivity index (χ3v) is 3.17. The fraction of sp³-hybridized carbons (Fsp3) is 0.462. The van der Waals surface area contributed by atoms with Gasteiger partial charge in [-0.05, 0) is 25.0 Å². The number of carbonyl (C=O) groups is 1. The molecule has 0 saturated carbocycles. The lowest BCUT2D eigenvalue weighted by atomic mass is 10.1. The highest BCUT2D eigenvalue weighted by Gasteiger charge is 2.11. The van der Waals surface area contributed by atoms with Crippen LogP contribution in [0.4, 0.5) is 0 Å². The highest BCUT2D eigenvalue weighted by molar-refractivity contribution is 9.10. The molecule has 0 saturated heterocycles. The van der Waals surface area contributed by atoms with Crippen LogP contribution in [0.5, 0.6) is 0 Å². The van der Waals surface area contributed by atoms with Gasteiger partial charge in [-0.25, -0.2) is 0 Å². The highest BCUT2D eigenvalue weighted by atomic mass is 79.9. The number of hydrogen-bond donors (Lipinski definition) is 1. The Bertz CT molecular complexity index is 363. The summed E-state index contributed by atoms with van der Waals surface area (Å²) in [6, 6.07) is 8.25. The molecule has 0 aliphatic carbocycles. The molecule has 0 unspecified atom stereocenters. The van der Waals surface area contributed by atoms with Crippen molar-refractivity contribution in [3.63, 3.8) is 0 Å². The molecule has 88 valence electrons. The van der Waals surface area contributed by atoms with Crippen LogP contribution in [0, 0.1) is 5.92 Å². The fourth-order valence-corrected chi connectivity index (χ4v) is 1.90. The van der Waals surface area contributed by atoms with Crippen molar-refractivity contribution < 1.29 is 4.79 Å². The van der Waals surface area contributed by atoms with Crippen LogP contribution in [-0.4, -0.2) is 11.9 Å². The SMILES string of the molecule is CC(C)C(=O)N[C@H](C)Cc1ccccc1Br. The van der Waals surface area contributed by atoms with Crippen molar-refractivity contribution in [1.29, 1.82) is 0 Å². The minimum absolute atomic E-state index is 0.0432. The number of carbonyl (C=O) groups excluding carboxylic acids is 1. The lowest BCUT2D eigenvalue weighted by Crippen LogP contribution is -2.36. The number of amides is 1. The monoisotopic (exact) mass is 283 g/mol. The van der Waals surface area contributed by atoms with Gasteiger partial charge in [-0.1, -0.05) is 48.0 Å². The average Bonchev–Trinajstić information content (AvgIpc) is 2.21. The molecule has 1 amide bonds. The van der Waals surface area contributed by atoms with Gasteiger partial charge in [0.2, 0.25) is 5.91 Å². The molecule has 3 heteroatoms. The molecule has 1 rings (SSSR count). The molecule has 1 aromatic carbocycles. The number of nitrogens with one attached hydrogen (secondary N) is 1. The molecule has 0 aliphatic heterocycles. The molecule has 0 fully saturated rings. The van der Waals surface area contributed by atoms with E-state index >= 15 is 0 Å². The van der Waals surface area contributed by atoms with Crippen LogP contribution in [0.25, 0.3) is 0 Å². The van der Waals surface area contributed by atoms with E-state index in [-0.39, 0.29) is 17.9 Å². The number of benzene rings is 1.